The van der Waals surface area contributed by atoms with Gasteiger partial charge >= 0.3 is 5.69 Å². The van der Waals surface area contributed by atoms with Gasteiger partial charge in [-0.1, -0.05) is 55.1 Å². The minimum Gasteiger partial charge on any atom is -0.356 e. The Morgan fingerprint density at radius 3 is 2.65 bits per heavy atom. The first-order valence-electron chi connectivity index (χ1n) is 11.5. The third-order valence-corrected chi connectivity index (χ3v) is 6.17. The molecule has 0 amide bonds. The molecule has 0 saturated carbocycles. The Morgan fingerprint density at radius 1 is 1.12 bits per heavy atom. The van der Waals surface area contributed by atoms with E-state index in [1.54, 1.807) is 4.57 Å². The molecule has 7 heteroatoms. The van der Waals surface area contributed by atoms with Crippen molar-refractivity contribution in [1.29, 1.82) is 0 Å². The average molecular weight is 460 g/mol. The third kappa shape index (κ3) is 4.55. The van der Waals surface area contributed by atoms with Crippen LogP contribution in [-0.4, -0.2) is 34.8 Å². The minimum atomic E-state index is -0.581. The van der Waals surface area contributed by atoms with E-state index in [9.17, 15) is 4.79 Å². The molecule has 34 heavy (non-hydrogen) atoms. The second kappa shape index (κ2) is 9.18. The van der Waals surface area contributed by atoms with Crippen molar-refractivity contribution >= 4 is 17.1 Å². The van der Waals surface area contributed by atoms with E-state index in [0.717, 1.165) is 28.0 Å². The molecule has 7 nitrogen and oxygen atoms in total. The van der Waals surface area contributed by atoms with Crippen molar-refractivity contribution in [3.63, 3.8) is 0 Å². The molecule has 0 spiro atoms. The van der Waals surface area contributed by atoms with E-state index in [4.69, 9.17) is 14.2 Å². The SMILES string of the molecule is C=C1c2ccccc2N(COCc2ccccc2)c2nc(=O)n(CC[C@H]3COC(C)(C)O3)cc21. The summed E-state index contributed by atoms with van der Waals surface area (Å²) in [6.07, 6.45) is 2.47. The summed E-state index contributed by atoms with van der Waals surface area (Å²) < 4.78 is 19.2. The summed E-state index contributed by atoms with van der Waals surface area (Å²) in [7, 11) is 0. The van der Waals surface area contributed by atoms with Gasteiger partial charge in [0.2, 0.25) is 0 Å². The number of aryl methyl sites for hydroxylation is 1. The smallest absolute Gasteiger partial charge is 0.349 e. The van der Waals surface area contributed by atoms with Crippen molar-refractivity contribution in [2.24, 2.45) is 0 Å². The predicted octanol–water partition coefficient (Wildman–Crippen LogP) is 4.47. The third-order valence-electron chi connectivity index (χ3n) is 6.17. The zero-order valence-corrected chi connectivity index (χ0v) is 19.6. The number of fused-ring (bicyclic) bond motifs is 2. The van der Waals surface area contributed by atoms with Gasteiger partial charge in [-0.05, 0) is 37.5 Å². The maximum absolute atomic E-state index is 13.0. The number of nitrogens with zero attached hydrogens (tertiary/aromatic N) is 3. The van der Waals surface area contributed by atoms with Gasteiger partial charge in [-0.15, -0.1) is 0 Å². The summed E-state index contributed by atoms with van der Waals surface area (Å²) in [5.41, 5.74) is 4.37. The van der Waals surface area contributed by atoms with Gasteiger partial charge in [0.05, 0.1) is 25.0 Å². The van der Waals surface area contributed by atoms with Crippen molar-refractivity contribution < 1.29 is 14.2 Å². The Balaban J connectivity index is 1.40. The van der Waals surface area contributed by atoms with Crippen molar-refractivity contribution in [3.05, 3.63) is 94.5 Å². The first-order valence-corrected chi connectivity index (χ1v) is 11.5. The molecular formula is C27H29N3O4. The molecule has 3 heterocycles. The summed E-state index contributed by atoms with van der Waals surface area (Å²) in [5, 5.41) is 0. The van der Waals surface area contributed by atoms with E-state index in [2.05, 4.69) is 11.6 Å². The Hall–Kier alpha value is -3.26. The number of hydrogen-bond acceptors (Lipinski definition) is 6. The molecule has 1 aromatic heterocycles. The van der Waals surface area contributed by atoms with Gasteiger partial charge in [0.15, 0.2) is 5.79 Å². The number of benzene rings is 2. The van der Waals surface area contributed by atoms with Crippen molar-refractivity contribution in [2.75, 3.05) is 18.2 Å². The molecule has 1 fully saturated rings. The van der Waals surface area contributed by atoms with Crippen LogP contribution in [0.5, 0.6) is 0 Å². The molecule has 0 radical (unpaired) electrons. The largest absolute Gasteiger partial charge is 0.356 e. The molecule has 176 valence electrons. The van der Waals surface area contributed by atoms with Crippen LogP contribution in [0.3, 0.4) is 0 Å². The first kappa shape index (κ1) is 22.5. The number of anilines is 2. The van der Waals surface area contributed by atoms with Gasteiger partial charge in [0, 0.05) is 23.9 Å². The van der Waals surface area contributed by atoms with E-state index >= 15 is 0 Å². The van der Waals surface area contributed by atoms with E-state index in [1.165, 1.54) is 0 Å². The molecule has 2 aliphatic heterocycles. The van der Waals surface area contributed by atoms with Gasteiger partial charge in [-0.25, -0.2) is 4.79 Å². The van der Waals surface area contributed by atoms with E-state index < -0.39 is 5.79 Å². The van der Waals surface area contributed by atoms with Crippen LogP contribution in [0.25, 0.3) is 5.57 Å². The lowest BCUT2D eigenvalue weighted by molar-refractivity contribution is -0.139. The molecule has 0 unspecified atom stereocenters. The summed E-state index contributed by atoms with van der Waals surface area (Å²) in [6, 6.07) is 18.0. The predicted molar refractivity (Wildman–Crippen MR) is 131 cm³/mol. The number of ether oxygens (including phenoxy) is 3. The molecule has 0 N–H and O–H groups in total. The van der Waals surface area contributed by atoms with Crippen molar-refractivity contribution in [1.82, 2.24) is 9.55 Å². The lowest BCUT2D eigenvalue weighted by Gasteiger charge is -2.33. The van der Waals surface area contributed by atoms with Crippen LogP contribution < -0.4 is 10.6 Å². The second-order valence-electron chi connectivity index (χ2n) is 9.08. The molecule has 5 rings (SSSR count). The lowest BCUT2D eigenvalue weighted by Crippen LogP contribution is -2.33. The van der Waals surface area contributed by atoms with Crippen LogP contribution in [0.4, 0.5) is 11.5 Å². The molecular weight excluding hydrogens is 430 g/mol. The Bertz CT molecular complexity index is 1250. The van der Waals surface area contributed by atoms with Crippen LogP contribution in [-0.2, 0) is 27.4 Å². The lowest BCUT2D eigenvalue weighted by atomic mass is 9.95. The Kier molecular flexibility index (Phi) is 6.08. The summed E-state index contributed by atoms with van der Waals surface area (Å²) >= 11 is 0. The molecule has 2 aromatic carbocycles. The molecule has 1 saturated heterocycles. The Morgan fingerprint density at radius 2 is 1.88 bits per heavy atom. The van der Waals surface area contributed by atoms with Crippen LogP contribution in [0.2, 0.25) is 0 Å². The van der Waals surface area contributed by atoms with Gasteiger partial charge in [0.25, 0.3) is 0 Å². The van der Waals surface area contributed by atoms with Gasteiger partial charge in [0.1, 0.15) is 12.5 Å². The van der Waals surface area contributed by atoms with Gasteiger partial charge in [-0.2, -0.15) is 4.98 Å². The first-order chi connectivity index (χ1) is 16.4. The molecule has 3 aromatic rings. The molecule has 1 atom stereocenters. The minimum absolute atomic E-state index is 0.0512. The van der Waals surface area contributed by atoms with Gasteiger partial charge in [-0.3, -0.25) is 4.57 Å². The highest BCUT2D eigenvalue weighted by atomic mass is 16.7. The van der Waals surface area contributed by atoms with Crippen LogP contribution in [0.1, 0.15) is 37.0 Å². The fourth-order valence-corrected chi connectivity index (χ4v) is 4.43. The monoisotopic (exact) mass is 459 g/mol. The maximum Gasteiger partial charge on any atom is 0.349 e. The van der Waals surface area contributed by atoms with Crippen LogP contribution >= 0.6 is 0 Å². The summed E-state index contributed by atoms with van der Waals surface area (Å²) in [4.78, 5) is 19.4. The summed E-state index contributed by atoms with van der Waals surface area (Å²) in [6.45, 7) is 9.86. The molecule has 2 aliphatic rings. The van der Waals surface area contributed by atoms with E-state index in [0.29, 0.717) is 32.0 Å². The number of rotatable bonds is 7. The zero-order valence-electron chi connectivity index (χ0n) is 19.6. The van der Waals surface area contributed by atoms with Crippen molar-refractivity contribution in [3.8, 4) is 0 Å². The standard InChI is InChI=1S/C27H29N3O4/c1-19-22-11-7-8-12-24(22)30(18-32-16-20-9-5-4-6-10-20)25-23(19)15-29(26(31)28-25)14-13-21-17-33-27(2,3)34-21/h4-12,15,21H,1,13-14,16-18H2,2-3H3/t21-/m0/s1. The van der Waals surface area contributed by atoms with Gasteiger partial charge < -0.3 is 19.1 Å². The van der Waals surface area contributed by atoms with Crippen LogP contribution in [0, 0.1) is 0 Å². The highest BCUT2D eigenvalue weighted by Gasteiger charge is 2.33. The number of hydrogen-bond donors (Lipinski definition) is 0. The van der Waals surface area contributed by atoms with E-state index in [-0.39, 0.29) is 18.5 Å². The molecule has 0 aliphatic carbocycles. The number of aromatic nitrogens is 2. The molecule has 0 bridgehead atoms. The Labute approximate surface area is 199 Å². The topological polar surface area (TPSA) is 65.8 Å². The maximum atomic E-state index is 13.0. The fourth-order valence-electron chi connectivity index (χ4n) is 4.43. The zero-order chi connectivity index (χ0) is 23.7. The normalized spacial score (nSPS) is 18.6. The second-order valence-corrected chi connectivity index (χ2v) is 9.08. The van der Waals surface area contributed by atoms with E-state index in [1.807, 2.05) is 79.5 Å². The fraction of sp³-hybridized carbons (Fsp3) is 0.333. The van der Waals surface area contributed by atoms with Crippen molar-refractivity contribution in [2.45, 2.75) is 45.3 Å². The highest BCUT2D eigenvalue weighted by Crippen LogP contribution is 2.42. The highest BCUT2D eigenvalue weighted by molar-refractivity contribution is 5.95. The van der Waals surface area contributed by atoms with Crippen LogP contribution in [0.15, 0.2) is 72.2 Å². The number of para-hydroxylation sites is 1. The summed E-state index contributed by atoms with van der Waals surface area (Å²) in [5.74, 6) is -0.0123. The average Bonchev–Trinajstić information content (AvgIpc) is 3.19. The quantitative estimate of drug-likeness (QED) is 0.519.